The molecule has 1 aliphatic rings. The Morgan fingerprint density at radius 3 is 2.59 bits per heavy atom. The lowest BCUT2D eigenvalue weighted by atomic mass is 9.81. The normalized spacial score (nSPS) is 14.9. The highest BCUT2D eigenvalue weighted by Crippen LogP contribution is 2.37. The summed E-state index contributed by atoms with van der Waals surface area (Å²) in [7, 11) is 0. The van der Waals surface area contributed by atoms with E-state index in [2.05, 4.69) is 30.9 Å². The molecule has 7 nitrogen and oxygen atoms in total. The fourth-order valence-electron chi connectivity index (χ4n) is 5.14. The van der Waals surface area contributed by atoms with Crippen LogP contribution in [0, 0.1) is 12.8 Å². The molecular weight excluding hydrogens is 529 g/mol. The number of hydrogen-bond acceptors (Lipinski definition) is 6. The van der Waals surface area contributed by atoms with Crippen molar-refractivity contribution >= 4 is 23.2 Å². The molecule has 3 heterocycles. The van der Waals surface area contributed by atoms with Crippen LogP contribution in [0.3, 0.4) is 0 Å². The summed E-state index contributed by atoms with van der Waals surface area (Å²) in [6.45, 7) is 5.54. The summed E-state index contributed by atoms with van der Waals surface area (Å²) in [6.07, 6.45) is 2.14. The van der Waals surface area contributed by atoms with Crippen LogP contribution < -0.4 is 16.0 Å². The summed E-state index contributed by atoms with van der Waals surface area (Å²) < 4.78 is 42.4. The Morgan fingerprint density at radius 2 is 1.85 bits per heavy atom. The van der Waals surface area contributed by atoms with E-state index < -0.39 is 23.2 Å². The molecule has 4 aromatic rings. The second kappa shape index (κ2) is 12.1. The number of pyridine rings is 1. The molecule has 1 unspecified atom stereocenters. The van der Waals surface area contributed by atoms with Crippen molar-refractivity contribution in [2.24, 2.45) is 5.92 Å². The highest BCUT2D eigenvalue weighted by atomic mass is 19.4. The molecule has 0 radical (unpaired) electrons. The maximum absolute atomic E-state index is 14.1. The minimum absolute atomic E-state index is 0.0417. The van der Waals surface area contributed by atoms with Crippen LogP contribution in [0.2, 0.25) is 0 Å². The quantitative estimate of drug-likeness (QED) is 0.226. The Kier molecular flexibility index (Phi) is 8.30. The maximum atomic E-state index is 14.1. The highest BCUT2D eigenvalue weighted by Gasteiger charge is 2.36. The topological polar surface area (TPSA) is 91.8 Å². The molecule has 5 rings (SSSR count). The van der Waals surface area contributed by atoms with E-state index in [1.807, 2.05) is 26.0 Å². The van der Waals surface area contributed by atoms with Gasteiger partial charge >= 0.3 is 6.18 Å². The monoisotopic (exact) mass is 560 g/mol. The molecule has 1 amide bonds. The molecule has 212 valence electrons. The highest BCUT2D eigenvalue weighted by molar-refractivity contribution is 6.05. The maximum Gasteiger partial charge on any atom is 0.417 e. The predicted octanol–water partition coefficient (Wildman–Crippen LogP) is 6.96. The molecule has 0 saturated carbocycles. The smallest absolute Gasteiger partial charge is 0.324 e. The van der Waals surface area contributed by atoms with Crippen LogP contribution in [0.4, 0.5) is 30.5 Å². The fourth-order valence-corrected chi connectivity index (χ4v) is 5.14. The molecule has 0 aliphatic carbocycles. The number of amides is 1. The lowest BCUT2D eigenvalue weighted by Crippen LogP contribution is -2.30. The zero-order valence-corrected chi connectivity index (χ0v) is 22.8. The van der Waals surface area contributed by atoms with E-state index in [9.17, 15) is 18.0 Å². The van der Waals surface area contributed by atoms with Crippen molar-refractivity contribution in [3.05, 3.63) is 95.4 Å². The molecule has 1 saturated heterocycles. The van der Waals surface area contributed by atoms with Gasteiger partial charge in [0.2, 0.25) is 5.95 Å². The first-order chi connectivity index (χ1) is 19.7. The molecule has 41 heavy (non-hydrogen) atoms. The number of hydrogen-bond donors (Lipinski definition) is 3. The molecule has 1 fully saturated rings. The van der Waals surface area contributed by atoms with Gasteiger partial charge in [-0.3, -0.25) is 9.78 Å². The lowest BCUT2D eigenvalue weighted by molar-refractivity contribution is -0.138. The summed E-state index contributed by atoms with van der Waals surface area (Å²) in [5.41, 5.74) is 2.53. The van der Waals surface area contributed by atoms with Crippen LogP contribution in [0.5, 0.6) is 0 Å². The first-order valence-corrected chi connectivity index (χ1v) is 13.5. The number of piperidine rings is 1. The van der Waals surface area contributed by atoms with Crippen molar-refractivity contribution in [1.82, 2.24) is 20.3 Å². The summed E-state index contributed by atoms with van der Waals surface area (Å²) in [5.74, 6) is -0.247. The van der Waals surface area contributed by atoms with Crippen LogP contribution in [0.1, 0.15) is 52.7 Å². The molecule has 0 bridgehead atoms. The average molecular weight is 561 g/mol. The molecule has 2 aromatic carbocycles. The number of benzene rings is 2. The number of anilines is 3. The van der Waals surface area contributed by atoms with Crippen LogP contribution in [0.15, 0.2) is 73.2 Å². The second-order valence-corrected chi connectivity index (χ2v) is 10.3. The number of rotatable bonds is 7. The van der Waals surface area contributed by atoms with Gasteiger partial charge in [0.1, 0.15) is 0 Å². The number of carbonyl (C=O) groups excluding carboxylic acids is 1. The van der Waals surface area contributed by atoms with E-state index in [4.69, 9.17) is 0 Å². The molecule has 2 aromatic heterocycles. The third-order valence-electron chi connectivity index (χ3n) is 7.57. The van der Waals surface area contributed by atoms with Crippen molar-refractivity contribution in [3.63, 3.8) is 0 Å². The van der Waals surface area contributed by atoms with Crippen LogP contribution in [-0.2, 0) is 6.18 Å². The van der Waals surface area contributed by atoms with Gasteiger partial charge in [-0.2, -0.15) is 13.2 Å². The molecule has 1 aliphatic heterocycles. The molecule has 0 spiro atoms. The number of aromatic nitrogens is 3. The standard InChI is InChI=1S/C31H31F3N6O/c1-19-5-7-24(17-28(19)40-30-37-15-11-27(39-30)23-4-3-12-36-18-23)38-29(41)25-8-6-22(16-26(25)31(32,33)34)20(2)21-9-13-35-14-10-21/h3-8,11-12,15-18,20-21,35H,9-10,13-14H2,1-2H3,(H,38,41)(H,37,39,40). The van der Waals surface area contributed by atoms with E-state index in [1.54, 1.807) is 48.9 Å². The van der Waals surface area contributed by atoms with Gasteiger partial charge < -0.3 is 16.0 Å². The number of nitrogens with zero attached hydrogens (tertiary/aromatic N) is 3. The van der Waals surface area contributed by atoms with E-state index in [1.165, 1.54) is 6.07 Å². The number of alkyl halides is 3. The van der Waals surface area contributed by atoms with Gasteiger partial charge in [0, 0.05) is 35.5 Å². The first kappa shape index (κ1) is 28.2. The van der Waals surface area contributed by atoms with Crippen molar-refractivity contribution in [1.29, 1.82) is 0 Å². The Balaban J connectivity index is 1.36. The van der Waals surface area contributed by atoms with Gasteiger partial charge in [-0.1, -0.05) is 19.1 Å². The predicted molar refractivity (Wildman–Crippen MR) is 153 cm³/mol. The summed E-state index contributed by atoms with van der Waals surface area (Å²) in [4.78, 5) is 26.1. The number of nitrogens with one attached hydrogen (secondary N) is 3. The van der Waals surface area contributed by atoms with Gasteiger partial charge in [0.05, 0.1) is 16.8 Å². The third kappa shape index (κ3) is 6.71. The molecule has 3 N–H and O–H groups in total. The van der Waals surface area contributed by atoms with E-state index in [-0.39, 0.29) is 5.92 Å². The lowest BCUT2D eigenvalue weighted by Gasteiger charge is -2.29. The van der Waals surface area contributed by atoms with Crippen molar-refractivity contribution in [2.75, 3.05) is 23.7 Å². The first-order valence-electron chi connectivity index (χ1n) is 13.5. The fraction of sp³-hybridized carbons (Fsp3) is 0.290. The van der Waals surface area contributed by atoms with Gasteiger partial charge in [-0.25, -0.2) is 9.97 Å². The Morgan fingerprint density at radius 1 is 1.05 bits per heavy atom. The Bertz CT molecular complexity index is 1520. The minimum atomic E-state index is -4.67. The van der Waals surface area contributed by atoms with Crippen molar-refractivity contribution in [2.45, 2.75) is 38.8 Å². The van der Waals surface area contributed by atoms with Gasteiger partial charge in [0.25, 0.3) is 5.91 Å². The van der Waals surface area contributed by atoms with Gasteiger partial charge in [-0.05, 0) is 98.3 Å². The van der Waals surface area contributed by atoms with Crippen molar-refractivity contribution < 1.29 is 18.0 Å². The minimum Gasteiger partial charge on any atom is -0.324 e. The Labute approximate surface area is 236 Å². The second-order valence-electron chi connectivity index (χ2n) is 10.3. The van der Waals surface area contributed by atoms with E-state index in [0.29, 0.717) is 34.5 Å². The van der Waals surface area contributed by atoms with Crippen LogP contribution >= 0.6 is 0 Å². The molecular formula is C31H31F3N6O. The summed E-state index contributed by atoms with van der Waals surface area (Å²) >= 11 is 0. The molecule has 1 atom stereocenters. The van der Waals surface area contributed by atoms with E-state index in [0.717, 1.165) is 43.1 Å². The van der Waals surface area contributed by atoms with Crippen LogP contribution in [0.25, 0.3) is 11.3 Å². The van der Waals surface area contributed by atoms with Gasteiger partial charge in [0.15, 0.2) is 0 Å². The van der Waals surface area contributed by atoms with Crippen molar-refractivity contribution in [3.8, 4) is 11.3 Å². The Hall–Kier alpha value is -4.31. The zero-order chi connectivity index (χ0) is 29.0. The summed E-state index contributed by atoms with van der Waals surface area (Å²) in [6, 6.07) is 14.6. The van der Waals surface area contributed by atoms with Crippen LogP contribution in [-0.4, -0.2) is 33.9 Å². The summed E-state index contributed by atoms with van der Waals surface area (Å²) in [5, 5.41) is 9.07. The van der Waals surface area contributed by atoms with Gasteiger partial charge in [-0.15, -0.1) is 0 Å². The number of halogens is 3. The average Bonchev–Trinajstić information content (AvgIpc) is 2.99. The molecule has 10 heteroatoms. The number of carbonyl (C=O) groups is 1. The zero-order valence-electron chi connectivity index (χ0n) is 22.8. The number of aryl methyl sites for hydroxylation is 1. The SMILES string of the molecule is Cc1ccc(NC(=O)c2ccc(C(C)C3CCNCC3)cc2C(F)(F)F)cc1Nc1nccc(-c2cccnc2)n1. The largest absolute Gasteiger partial charge is 0.417 e. The van der Waals surface area contributed by atoms with E-state index >= 15 is 0 Å². The third-order valence-corrected chi connectivity index (χ3v) is 7.57.